The van der Waals surface area contributed by atoms with E-state index in [-0.39, 0.29) is 5.82 Å². The van der Waals surface area contributed by atoms with Crippen molar-refractivity contribution in [1.29, 1.82) is 0 Å². The molecule has 1 unspecified atom stereocenters. The topological polar surface area (TPSA) is 38.9 Å². The first kappa shape index (κ1) is 11.2. The molecular weight excluding hydrogens is 223 g/mol. The number of nitrogens with zero attached hydrogens (tertiary/aromatic N) is 1. The average Bonchev–Trinajstić information content (AvgIpc) is 2.67. The summed E-state index contributed by atoms with van der Waals surface area (Å²) >= 11 is 1.50. The third-order valence-electron chi connectivity index (χ3n) is 2.43. The van der Waals surface area contributed by atoms with E-state index in [0.717, 1.165) is 15.4 Å². The van der Waals surface area contributed by atoms with Gasteiger partial charge in [-0.25, -0.2) is 9.37 Å². The van der Waals surface area contributed by atoms with Crippen LogP contribution in [0.5, 0.6) is 0 Å². The van der Waals surface area contributed by atoms with Gasteiger partial charge in [-0.05, 0) is 19.9 Å². The maximum absolute atomic E-state index is 13.6. The molecule has 2 N–H and O–H groups in total. The zero-order chi connectivity index (χ0) is 11.7. The highest BCUT2D eigenvalue weighted by Crippen LogP contribution is 2.26. The van der Waals surface area contributed by atoms with Crippen LogP contribution in [-0.2, 0) is 0 Å². The van der Waals surface area contributed by atoms with Crippen LogP contribution in [-0.4, -0.2) is 4.98 Å². The molecule has 0 spiro atoms. The largest absolute Gasteiger partial charge is 0.319 e. The van der Waals surface area contributed by atoms with E-state index in [9.17, 15) is 4.39 Å². The first-order valence-corrected chi connectivity index (χ1v) is 5.83. The number of rotatable bonds is 2. The molecule has 0 saturated carbocycles. The number of aromatic nitrogens is 1. The van der Waals surface area contributed by atoms with Crippen molar-refractivity contribution in [3.8, 4) is 0 Å². The summed E-state index contributed by atoms with van der Waals surface area (Å²) in [4.78, 5) is 5.02. The summed E-state index contributed by atoms with van der Waals surface area (Å²) in [5.41, 5.74) is 7.57. The summed E-state index contributed by atoms with van der Waals surface area (Å²) < 4.78 is 13.6. The fraction of sp³-hybridized carbons (Fsp3) is 0.250. The number of hydrogen-bond donors (Lipinski definition) is 1. The smallest absolute Gasteiger partial charge is 0.128 e. The van der Waals surface area contributed by atoms with Gasteiger partial charge in [0.25, 0.3) is 0 Å². The van der Waals surface area contributed by atoms with E-state index >= 15 is 0 Å². The summed E-state index contributed by atoms with van der Waals surface area (Å²) in [6.07, 6.45) is 1.71. The molecule has 0 aliphatic heterocycles. The Hall–Kier alpha value is -1.26. The predicted octanol–water partition coefficient (Wildman–Crippen LogP) is 2.95. The van der Waals surface area contributed by atoms with Crippen molar-refractivity contribution >= 4 is 11.3 Å². The van der Waals surface area contributed by atoms with Gasteiger partial charge in [-0.2, -0.15) is 0 Å². The van der Waals surface area contributed by atoms with Crippen LogP contribution in [0, 0.1) is 19.7 Å². The van der Waals surface area contributed by atoms with Crippen molar-refractivity contribution in [2.75, 3.05) is 0 Å². The van der Waals surface area contributed by atoms with Crippen molar-refractivity contribution in [2.24, 2.45) is 5.73 Å². The lowest BCUT2D eigenvalue weighted by Crippen LogP contribution is -2.12. The third kappa shape index (κ3) is 2.13. The van der Waals surface area contributed by atoms with E-state index in [1.54, 1.807) is 18.3 Å². The van der Waals surface area contributed by atoms with Crippen LogP contribution in [0.2, 0.25) is 0 Å². The highest BCUT2D eigenvalue weighted by molar-refractivity contribution is 7.11. The van der Waals surface area contributed by atoms with Crippen LogP contribution in [0.1, 0.15) is 27.1 Å². The summed E-state index contributed by atoms with van der Waals surface area (Å²) in [5.74, 6) is -0.260. The lowest BCUT2D eigenvalue weighted by atomic mass is 10.0. The zero-order valence-electron chi connectivity index (χ0n) is 9.20. The monoisotopic (exact) mass is 236 g/mol. The van der Waals surface area contributed by atoms with Gasteiger partial charge in [-0.1, -0.05) is 17.7 Å². The molecule has 0 bridgehead atoms. The summed E-state index contributed by atoms with van der Waals surface area (Å²) in [6.45, 7) is 3.83. The number of benzene rings is 1. The van der Waals surface area contributed by atoms with Crippen LogP contribution in [0.15, 0.2) is 24.4 Å². The van der Waals surface area contributed by atoms with E-state index in [4.69, 9.17) is 5.73 Å². The highest BCUT2D eigenvalue weighted by atomic mass is 32.1. The van der Waals surface area contributed by atoms with Crippen molar-refractivity contribution in [3.05, 3.63) is 51.2 Å². The van der Waals surface area contributed by atoms with Crippen molar-refractivity contribution in [2.45, 2.75) is 19.9 Å². The molecule has 2 rings (SSSR count). The second-order valence-electron chi connectivity index (χ2n) is 3.78. The normalized spacial score (nSPS) is 12.8. The molecular formula is C12H13FN2S. The van der Waals surface area contributed by atoms with Gasteiger partial charge < -0.3 is 5.73 Å². The summed E-state index contributed by atoms with van der Waals surface area (Å²) in [6, 6.07) is 4.56. The van der Waals surface area contributed by atoms with Crippen LogP contribution >= 0.6 is 11.3 Å². The maximum Gasteiger partial charge on any atom is 0.128 e. The van der Waals surface area contributed by atoms with E-state index < -0.39 is 6.04 Å². The van der Waals surface area contributed by atoms with Crippen molar-refractivity contribution < 1.29 is 4.39 Å². The Bertz CT molecular complexity index is 507. The lowest BCUT2D eigenvalue weighted by molar-refractivity contribution is 0.600. The molecule has 2 aromatic rings. The third-order valence-corrected chi connectivity index (χ3v) is 3.43. The van der Waals surface area contributed by atoms with Crippen LogP contribution in [0.3, 0.4) is 0 Å². The van der Waals surface area contributed by atoms with Gasteiger partial charge in [-0.15, -0.1) is 11.3 Å². The van der Waals surface area contributed by atoms with E-state index in [1.165, 1.54) is 17.4 Å². The van der Waals surface area contributed by atoms with Gasteiger partial charge in [0.1, 0.15) is 5.82 Å². The Labute approximate surface area is 97.9 Å². The molecule has 0 fully saturated rings. The molecule has 16 heavy (non-hydrogen) atoms. The summed E-state index contributed by atoms with van der Waals surface area (Å²) in [5, 5.41) is 0.943. The Morgan fingerprint density at radius 3 is 2.75 bits per heavy atom. The van der Waals surface area contributed by atoms with Gasteiger partial charge in [0, 0.05) is 16.6 Å². The zero-order valence-corrected chi connectivity index (χ0v) is 10.0. The fourth-order valence-electron chi connectivity index (χ4n) is 1.58. The summed E-state index contributed by atoms with van der Waals surface area (Å²) in [7, 11) is 0. The quantitative estimate of drug-likeness (QED) is 0.870. The minimum atomic E-state index is -0.425. The Morgan fingerprint density at radius 2 is 2.12 bits per heavy atom. The first-order chi connectivity index (χ1) is 7.58. The second-order valence-corrected chi connectivity index (χ2v) is 5.05. The Morgan fingerprint density at radius 1 is 1.38 bits per heavy atom. The van der Waals surface area contributed by atoms with E-state index in [2.05, 4.69) is 4.98 Å². The van der Waals surface area contributed by atoms with E-state index in [0.29, 0.717) is 5.56 Å². The highest BCUT2D eigenvalue weighted by Gasteiger charge is 2.15. The molecule has 4 heteroatoms. The Kier molecular flexibility index (Phi) is 3.03. The minimum Gasteiger partial charge on any atom is -0.319 e. The average molecular weight is 236 g/mol. The predicted molar refractivity (Wildman–Crippen MR) is 64.0 cm³/mol. The Balaban J connectivity index is 2.40. The molecule has 1 aromatic carbocycles. The maximum atomic E-state index is 13.6. The van der Waals surface area contributed by atoms with Gasteiger partial charge in [0.2, 0.25) is 0 Å². The molecule has 1 aromatic heterocycles. The molecule has 84 valence electrons. The molecule has 0 radical (unpaired) electrons. The van der Waals surface area contributed by atoms with E-state index in [1.807, 2.05) is 13.8 Å². The van der Waals surface area contributed by atoms with Crippen LogP contribution in [0.25, 0.3) is 0 Å². The lowest BCUT2D eigenvalue weighted by Gasteiger charge is -2.11. The standard InChI is InChI=1S/C12H13FN2S/c1-7-3-4-10(13)9(5-7)12(14)11-6-15-8(2)16-11/h3-6,12H,14H2,1-2H3. The number of aryl methyl sites for hydroxylation is 2. The van der Waals surface area contributed by atoms with Gasteiger partial charge >= 0.3 is 0 Å². The molecule has 2 nitrogen and oxygen atoms in total. The van der Waals surface area contributed by atoms with Crippen molar-refractivity contribution in [1.82, 2.24) is 4.98 Å². The number of hydrogen-bond acceptors (Lipinski definition) is 3. The van der Waals surface area contributed by atoms with Gasteiger partial charge in [-0.3, -0.25) is 0 Å². The molecule has 0 saturated heterocycles. The number of thiazole rings is 1. The van der Waals surface area contributed by atoms with Crippen LogP contribution < -0.4 is 5.73 Å². The SMILES string of the molecule is Cc1ccc(F)c(C(N)c2cnc(C)s2)c1. The molecule has 0 aliphatic rings. The second kappa shape index (κ2) is 4.31. The van der Waals surface area contributed by atoms with Gasteiger partial charge in [0.15, 0.2) is 0 Å². The van der Waals surface area contributed by atoms with Crippen molar-refractivity contribution in [3.63, 3.8) is 0 Å². The fourth-order valence-corrected chi connectivity index (χ4v) is 2.38. The number of nitrogens with two attached hydrogens (primary N) is 1. The minimum absolute atomic E-state index is 0.260. The van der Waals surface area contributed by atoms with Gasteiger partial charge in [0.05, 0.1) is 11.0 Å². The van der Waals surface area contributed by atoms with Crippen LogP contribution in [0.4, 0.5) is 4.39 Å². The number of halogens is 1. The molecule has 0 aliphatic carbocycles. The first-order valence-electron chi connectivity index (χ1n) is 5.02. The molecule has 1 heterocycles. The molecule has 0 amide bonds. The molecule has 1 atom stereocenters.